The summed E-state index contributed by atoms with van der Waals surface area (Å²) in [5.41, 5.74) is 2.26. The summed E-state index contributed by atoms with van der Waals surface area (Å²) in [7, 11) is 0. The van der Waals surface area contributed by atoms with Crippen molar-refractivity contribution in [2.24, 2.45) is 0 Å². The number of hydrogen-bond acceptors (Lipinski definition) is 3. The molecular weight excluding hydrogens is 370 g/mol. The van der Waals surface area contributed by atoms with Crippen molar-refractivity contribution < 1.29 is 9.59 Å². The van der Waals surface area contributed by atoms with Crippen LogP contribution in [0.15, 0.2) is 41.8 Å². The Bertz CT molecular complexity index is 759. The van der Waals surface area contributed by atoms with Crippen molar-refractivity contribution in [2.75, 3.05) is 19.6 Å². The van der Waals surface area contributed by atoms with E-state index >= 15 is 0 Å². The number of urea groups is 1. The molecule has 1 atom stereocenters. The molecule has 1 aromatic carbocycles. The van der Waals surface area contributed by atoms with Gasteiger partial charge >= 0.3 is 6.03 Å². The Morgan fingerprint density at radius 1 is 1.18 bits per heavy atom. The van der Waals surface area contributed by atoms with E-state index in [2.05, 4.69) is 41.8 Å². The first-order chi connectivity index (χ1) is 13.6. The van der Waals surface area contributed by atoms with Gasteiger partial charge in [0.1, 0.15) is 0 Å². The van der Waals surface area contributed by atoms with Crippen molar-refractivity contribution in [2.45, 2.75) is 45.1 Å². The number of nitrogens with one attached hydrogen (secondary N) is 2. The number of aryl methyl sites for hydroxylation is 1. The Balaban J connectivity index is 1.50. The van der Waals surface area contributed by atoms with E-state index in [4.69, 9.17) is 0 Å². The second kappa shape index (κ2) is 10.3. The van der Waals surface area contributed by atoms with Gasteiger partial charge in [0.2, 0.25) is 5.91 Å². The third kappa shape index (κ3) is 5.83. The fraction of sp³-hybridized carbons (Fsp3) is 0.455. The van der Waals surface area contributed by atoms with Gasteiger partial charge in [0.25, 0.3) is 0 Å². The van der Waals surface area contributed by atoms with E-state index < -0.39 is 0 Å². The van der Waals surface area contributed by atoms with Gasteiger partial charge in [0, 0.05) is 30.9 Å². The maximum absolute atomic E-state index is 12.5. The second-order valence-electron chi connectivity index (χ2n) is 7.30. The lowest BCUT2D eigenvalue weighted by Gasteiger charge is -2.21. The SMILES string of the molecule is Cc1ccc(C(NC(=O)NCCCN2CCCCCC2=O)c2cccs2)cc1. The van der Waals surface area contributed by atoms with Crippen LogP contribution in [0.5, 0.6) is 0 Å². The lowest BCUT2D eigenvalue weighted by Crippen LogP contribution is -2.40. The first-order valence-electron chi connectivity index (χ1n) is 10.1. The minimum Gasteiger partial charge on any atom is -0.343 e. The van der Waals surface area contributed by atoms with Crippen LogP contribution in [0.4, 0.5) is 4.79 Å². The molecule has 0 bridgehead atoms. The zero-order valence-corrected chi connectivity index (χ0v) is 17.3. The zero-order chi connectivity index (χ0) is 19.8. The summed E-state index contributed by atoms with van der Waals surface area (Å²) in [5, 5.41) is 8.06. The molecule has 0 aliphatic carbocycles. The van der Waals surface area contributed by atoms with Crippen LogP contribution in [0, 0.1) is 6.92 Å². The number of carbonyl (C=O) groups excluding carboxylic acids is 2. The Labute approximate surface area is 171 Å². The van der Waals surface area contributed by atoms with Crippen molar-refractivity contribution in [1.29, 1.82) is 0 Å². The third-order valence-electron chi connectivity index (χ3n) is 5.08. The highest BCUT2D eigenvalue weighted by molar-refractivity contribution is 7.10. The predicted octanol–water partition coefficient (Wildman–Crippen LogP) is 4.24. The van der Waals surface area contributed by atoms with Gasteiger partial charge < -0.3 is 15.5 Å². The first kappa shape index (κ1) is 20.4. The van der Waals surface area contributed by atoms with E-state index in [9.17, 15) is 9.59 Å². The second-order valence-corrected chi connectivity index (χ2v) is 8.28. The maximum atomic E-state index is 12.5. The number of thiophene rings is 1. The highest BCUT2D eigenvalue weighted by atomic mass is 32.1. The highest BCUT2D eigenvalue weighted by Crippen LogP contribution is 2.26. The molecule has 5 nitrogen and oxygen atoms in total. The lowest BCUT2D eigenvalue weighted by atomic mass is 10.0. The van der Waals surface area contributed by atoms with Crippen LogP contribution < -0.4 is 10.6 Å². The van der Waals surface area contributed by atoms with E-state index in [1.807, 2.05) is 22.4 Å². The van der Waals surface area contributed by atoms with Crippen LogP contribution in [-0.2, 0) is 4.79 Å². The van der Waals surface area contributed by atoms with Crippen LogP contribution in [0.2, 0.25) is 0 Å². The molecule has 2 heterocycles. The zero-order valence-electron chi connectivity index (χ0n) is 16.4. The van der Waals surface area contributed by atoms with E-state index in [0.29, 0.717) is 19.5 Å². The number of carbonyl (C=O) groups is 2. The minimum atomic E-state index is -0.179. The molecule has 2 N–H and O–H groups in total. The summed E-state index contributed by atoms with van der Waals surface area (Å²) in [5.74, 6) is 0.249. The molecule has 1 aliphatic rings. The minimum absolute atomic E-state index is 0.159. The van der Waals surface area contributed by atoms with Gasteiger partial charge in [-0.25, -0.2) is 4.79 Å². The molecule has 0 radical (unpaired) electrons. The van der Waals surface area contributed by atoms with E-state index in [1.165, 1.54) is 5.56 Å². The first-order valence-corrected chi connectivity index (χ1v) is 10.9. The lowest BCUT2D eigenvalue weighted by molar-refractivity contribution is -0.130. The summed E-state index contributed by atoms with van der Waals surface area (Å²) in [4.78, 5) is 27.5. The van der Waals surface area contributed by atoms with Gasteiger partial charge in [-0.2, -0.15) is 0 Å². The van der Waals surface area contributed by atoms with Crippen molar-refractivity contribution in [3.63, 3.8) is 0 Å². The topological polar surface area (TPSA) is 61.4 Å². The molecule has 6 heteroatoms. The van der Waals surface area contributed by atoms with Crippen LogP contribution in [0.1, 0.15) is 54.1 Å². The fourth-order valence-electron chi connectivity index (χ4n) is 3.46. The Hall–Kier alpha value is -2.34. The highest BCUT2D eigenvalue weighted by Gasteiger charge is 2.18. The Kier molecular flexibility index (Phi) is 7.48. The summed E-state index contributed by atoms with van der Waals surface area (Å²) < 4.78 is 0. The van der Waals surface area contributed by atoms with Gasteiger partial charge in [-0.15, -0.1) is 11.3 Å². The molecule has 2 aromatic rings. The van der Waals surface area contributed by atoms with Gasteiger partial charge in [0.15, 0.2) is 0 Å². The van der Waals surface area contributed by atoms with Crippen molar-refractivity contribution in [3.8, 4) is 0 Å². The van der Waals surface area contributed by atoms with Crippen LogP contribution in [0.25, 0.3) is 0 Å². The normalized spacial score (nSPS) is 15.8. The standard InChI is InChI=1S/C22H29N3O2S/c1-17-9-11-18(12-10-17)21(19-7-5-16-28-19)24-22(27)23-13-6-15-25-14-4-2-3-8-20(25)26/h5,7,9-12,16,21H,2-4,6,8,13-15H2,1H3,(H2,23,24,27). The summed E-state index contributed by atoms with van der Waals surface area (Å²) in [6.07, 6.45) is 4.64. The number of rotatable bonds is 7. The van der Waals surface area contributed by atoms with Gasteiger partial charge in [0.05, 0.1) is 6.04 Å². The number of benzene rings is 1. The van der Waals surface area contributed by atoms with Crippen LogP contribution in [-0.4, -0.2) is 36.5 Å². The molecule has 1 unspecified atom stereocenters. The molecule has 1 fully saturated rings. The predicted molar refractivity (Wildman–Crippen MR) is 114 cm³/mol. The summed E-state index contributed by atoms with van der Waals surface area (Å²) in [6.45, 7) is 4.17. The molecule has 28 heavy (non-hydrogen) atoms. The number of nitrogens with zero attached hydrogens (tertiary/aromatic N) is 1. The van der Waals surface area contributed by atoms with E-state index in [1.54, 1.807) is 11.3 Å². The van der Waals surface area contributed by atoms with Crippen molar-refractivity contribution in [3.05, 3.63) is 57.8 Å². The maximum Gasteiger partial charge on any atom is 0.315 e. The smallest absolute Gasteiger partial charge is 0.315 e. The van der Waals surface area contributed by atoms with Crippen LogP contribution in [0.3, 0.4) is 0 Å². The monoisotopic (exact) mass is 399 g/mol. The number of amides is 3. The van der Waals surface area contributed by atoms with Gasteiger partial charge in [-0.05, 0) is 43.2 Å². The molecule has 150 valence electrons. The molecule has 0 spiro atoms. The van der Waals surface area contributed by atoms with E-state index in [0.717, 1.165) is 42.7 Å². The third-order valence-corrected chi connectivity index (χ3v) is 6.01. The Morgan fingerprint density at radius 3 is 2.75 bits per heavy atom. The molecule has 3 rings (SSSR count). The molecule has 0 saturated carbocycles. The molecule has 1 saturated heterocycles. The molecule has 1 aromatic heterocycles. The van der Waals surface area contributed by atoms with Gasteiger partial charge in [-0.3, -0.25) is 4.79 Å². The molecular formula is C22H29N3O2S. The number of hydrogen-bond donors (Lipinski definition) is 2. The summed E-state index contributed by atoms with van der Waals surface area (Å²) in [6, 6.07) is 11.9. The Morgan fingerprint density at radius 2 is 2.00 bits per heavy atom. The largest absolute Gasteiger partial charge is 0.343 e. The molecule has 3 amide bonds. The van der Waals surface area contributed by atoms with Crippen molar-refractivity contribution in [1.82, 2.24) is 15.5 Å². The summed E-state index contributed by atoms with van der Waals surface area (Å²) >= 11 is 1.63. The fourth-order valence-corrected chi connectivity index (χ4v) is 4.26. The quantitative estimate of drug-likeness (QED) is 0.684. The van der Waals surface area contributed by atoms with Crippen LogP contribution >= 0.6 is 11.3 Å². The average molecular weight is 400 g/mol. The van der Waals surface area contributed by atoms with Gasteiger partial charge in [-0.1, -0.05) is 42.3 Å². The number of likely N-dealkylation sites (tertiary alicyclic amines) is 1. The van der Waals surface area contributed by atoms with E-state index in [-0.39, 0.29) is 18.0 Å². The average Bonchev–Trinajstić information content (AvgIpc) is 3.14. The molecule has 1 aliphatic heterocycles. The van der Waals surface area contributed by atoms with Crippen molar-refractivity contribution >= 4 is 23.3 Å².